The van der Waals surface area contributed by atoms with Crippen LogP contribution in [0.4, 0.5) is 4.39 Å². The average molecular weight is 311 g/mol. The van der Waals surface area contributed by atoms with E-state index in [4.69, 9.17) is 10.5 Å². The van der Waals surface area contributed by atoms with Gasteiger partial charge in [0.15, 0.2) is 0 Å². The molecule has 0 fully saturated rings. The Morgan fingerprint density at radius 3 is 2.78 bits per heavy atom. The zero-order valence-corrected chi connectivity index (χ0v) is 11.3. The van der Waals surface area contributed by atoms with Crippen molar-refractivity contribution >= 4 is 15.9 Å². The minimum Gasteiger partial charge on any atom is -0.496 e. The molecule has 0 aliphatic heterocycles. The van der Waals surface area contributed by atoms with Crippen LogP contribution < -0.4 is 10.5 Å². The van der Waals surface area contributed by atoms with Gasteiger partial charge in [0, 0.05) is 21.8 Å². The Hall–Kier alpha value is -1.46. The highest BCUT2D eigenvalue weighted by Gasteiger charge is 2.17. The van der Waals surface area contributed by atoms with Crippen LogP contribution in [0.15, 0.2) is 41.1 Å². The molecule has 2 aromatic rings. The maximum absolute atomic E-state index is 13.6. The number of hydrogen-bond acceptors (Lipinski definition) is 3. The number of aromatic nitrogens is 1. The topological polar surface area (TPSA) is 48.1 Å². The van der Waals surface area contributed by atoms with Crippen LogP contribution in [0.5, 0.6) is 5.75 Å². The quantitative estimate of drug-likeness (QED) is 0.948. The fourth-order valence-corrected chi connectivity index (χ4v) is 2.09. The van der Waals surface area contributed by atoms with E-state index >= 15 is 0 Å². The number of nitrogens with two attached hydrogens (primary N) is 1. The number of halogens is 2. The molecule has 2 N–H and O–H groups in total. The minimum absolute atomic E-state index is 0.394. The van der Waals surface area contributed by atoms with Crippen molar-refractivity contribution in [2.75, 3.05) is 7.11 Å². The summed E-state index contributed by atoms with van der Waals surface area (Å²) < 4.78 is 19.8. The molecule has 1 aromatic carbocycles. The number of rotatable bonds is 3. The molecule has 1 atom stereocenters. The van der Waals surface area contributed by atoms with Crippen LogP contribution in [-0.4, -0.2) is 12.1 Å². The molecule has 5 heteroatoms. The van der Waals surface area contributed by atoms with Gasteiger partial charge in [-0.3, -0.25) is 4.98 Å². The Kier molecular flexibility index (Phi) is 3.93. The van der Waals surface area contributed by atoms with Crippen molar-refractivity contribution in [3.63, 3.8) is 0 Å². The van der Waals surface area contributed by atoms with Gasteiger partial charge in [-0.1, -0.05) is 22.0 Å². The number of pyridine rings is 1. The SMILES string of the molecule is COc1cc(Br)ccc1C(N)c1ccncc1F. The van der Waals surface area contributed by atoms with Gasteiger partial charge in [-0.15, -0.1) is 0 Å². The van der Waals surface area contributed by atoms with Crippen LogP contribution in [0.25, 0.3) is 0 Å². The third-order valence-electron chi connectivity index (χ3n) is 2.67. The molecule has 3 nitrogen and oxygen atoms in total. The second-order valence-corrected chi connectivity index (χ2v) is 4.68. The smallest absolute Gasteiger partial charge is 0.146 e. The van der Waals surface area contributed by atoms with E-state index in [1.54, 1.807) is 19.2 Å². The highest BCUT2D eigenvalue weighted by molar-refractivity contribution is 9.10. The van der Waals surface area contributed by atoms with Gasteiger partial charge < -0.3 is 10.5 Å². The molecule has 0 spiro atoms. The highest BCUT2D eigenvalue weighted by Crippen LogP contribution is 2.31. The first-order valence-corrected chi connectivity index (χ1v) is 6.11. The van der Waals surface area contributed by atoms with Crippen LogP contribution in [0.3, 0.4) is 0 Å². The van der Waals surface area contributed by atoms with Gasteiger partial charge in [0.25, 0.3) is 0 Å². The summed E-state index contributed by atoms with van der Waals surface area (Å²) in [6.07, 6.45) is 2.67. The van der Waals surface area contributed by atoms with Crippen LogP contribution in [0.2, 0.25) is 0 Å². The molecule has 0 aliphatic carbocycles. The number of benzene rings is 1. The maximum Gasteiger partial charge on any atom is 0.146 e. The summed E-state index contributed by atoms with van der Waals surface area (Å²) in [6.45, 7) is 0. The van der Waals surface area contributed by atoms with Crippen molar-refractivity contribution in [2.45, 2.75) is 6.04 Å². The summed E-state index contributed by atoms with van der Waals surface area (Å²) in [5, 5.41) is 0. The maximum atomic E-state index is 13.6. The molecule has 1 aromatic heterocycles. The Morgan fingerprint density at radius 2 is 2.11 bits per heavy atom. The summed E-state index contributed by atoms with van der Waals surface area (Å²) >= 11 is 3.35. The van der Waals surface area contributed by atoms with E-state index in [1.165, 1.54) is 6.20 Å². The first-order valence-electron chi connectivity index (χ1n) is 5.32. The predicted octanol–water partition coefficient (Wildman–Crippen LogP) is 3.04. The lowest BCUT2D eigenvalue weighted by Crippen LogP contribution is -2.14. The summed E-state index contributed by atoms with van der Waals surface area (Å²) in [5.41, 5.74) is 7.20. The standard InChI is InChI=1S/C13H12BrFN2O/c1-18-12-6-8(14)2-3-10(12)13(16)9-4-5-17-7-11(9)15/h2-7,13H,16H2,1H3. The first-order chi connectivity index (χ1) is 8.63. The summed E-state index contributed by atoms with van der Waals surface area (Å²) in [7, 11) is 1.56. The molecule has 1 unspecified atom stereocenters. The van der Waals surface area contributed by atoms with Gasteiger partial charge in [0.1, 0.15) is 11.6 Å². The van der Waals surface area contributed by atoms with E-state index in [0.717, 1.165) is 16.2 Å². The van der Waals surface area contributed by atoms with Crippen molar-refractivity contribution in [3.05, 3.63) is 58.1 Å². The average Bonchev–Trinajstić information content (AvgIpc) is 2.38. The largest absolute Gasteiger partial charge is 0.496 e. The third-order valence-corrected chi connectivity index (χ3v) is 3.16. The molecule has 0 saturated carbocycles. The Bertz CT molecular complexity index is 562. The molecule has 18 heavy (non-hydrogen) atoms. The van der Waals surface area contributed by atoms with Crippen LogP contribution in [0.1, 0.15) is 17.2 Å². The first kappa shape index (κ1) is 13.0. The Balaban J connectivity index is 2.46. The second kappa shape index (κ2) is 5.46. The van der Waals surface area contributed by atoms with Gasteiger partial charge in [-0.2, -0.15) is 0 Å². The van der Waals surface area contributed by atoms with Crippen molar-refractivity contribution in [1.82, 2.24) is 4.98 Å². The van der Waals surface area contributed by atoms with Crippen molar-refractivity contribution in [2.24, 2.45) is 5.73 Å². The molecule has 0 amide bonds. The van der Waals surface area contributed by atoms with Crippen LogP contribution >= 0.6 is 15.9 Å². The molecule has 94 valence electrons. The molecular weight excluding hydrogens is 299 g/mol. The van der Waals surface area contributed by atoms with Gasteiger partial charge in [0.2, 0.25) is 0 Å². The molecule has 1 heterocycles. The highest BCUT2D eigenvalue weighted by atomic mass is 79.9. The lowest BCUT2D eigenvalue weighted by atomic mass is 9.99. The zero-order chi connectivity index (χ0) is 13.1. The van der Waals surface area contributed by atoms with Crippen LogP contribution in [0, 0.1) is 5.82 Å². The van der Waals surface area contributed by atoms with Crippen molar-refractivity contribution in [3.8, 4) is 5.75 Å². The van der Waals surface area contributed by atoms with E-state index in [1.807, 2.05) is 12.1 Å². The fraction of sp³-hybridized carbons (Fsp3) is 0.154. The normalized spacial score (nSPS) is 12.2. The van der Waals surface area contributed by atoms with Crippen molar-refractivity contribution < 1.29 is 9.13 Å². The number of nitrogens with zero attached hydrogens (tertiary/aromatic N) is 1. The van der Waals surface area contributed by atoms with Crippen molar-refractivity contribution in [1.29, 1.82) is 0 Å². The van der Waals surface area contributed by atoms with E-state index in [0.29, 0.717) is 11.3 Å². The molecule has 0 saturated heterocycles. The molecular formula is C13H12BrFN2O. The van der Waals surface area contributed by atoms with Crippen LogP contribution in [-0.2, 0) is 0 Å². The molecule has 0 aliphatic rings. The third kappa shape index (κ3) is 2.52. The molecule has 2 rings (SSSR count). The molecule has 0 radical (unpaired) electrons. The lowest BCUT2D eigenvalue weighted by molar-refractivity contribution is 0.407. The lowest BCUT2D eigenvalue weighted by Gasteiger charge is -2.16. The number of methoxy groups -OCH3 is 1. The van der Waals surface area contributed by atoms with Gasteiger partial charge in [-0.25, -0.2) is 4.39 Å². The minimum atomic E-state index is -0.587. The zero-order valence-electron chi connectivity index (χ0n) is 9.73. The van der Waals surface area contributed by atoms with Gasteiger partial charge >= 0.3 is 0 Å². The second-order valence-electron chi connectivity index (χ2n) is 3.76. The van der Waals surface area contributed by atoms with E-state index in [9.17, 15) is 4.39 Å². The molecule has 0 bridgehead atoms. The Labute approximate surface area is 113 Å². The monoisotopic (exact) mass is 310 g/mol. The number of hydrogen-bond donors (Lipinski definition) is 1. The summed E-state index contributed by atoms with van der Waals surface area (Å²) in [4.78, 5) is 3.71. The van der Waals surface area contributed by atoms with E-state index < -0.39 is 11.9 Å². The van der Waals surface area contributed by atoms with E-state index in [-0.39, 0.29) is 0 Å². The van der Waals surface area contributed by atoms with Gasteiger partial charge in [-0.05, 0) is 18.2 Å². The summed E-state index contributed by atoms with van der Waals surface area (Å²) in [6, 6.07) is 6.44. The van der Waals surface area contributed by atoms with Gasteiger partial charge in [0.05, 0.1) is 19.3 Å². The number of ether oxygens (including phenoxy) is 1. The summed E-state index contributed by atoms with van der Waals surface area (Å²) in [5.74, 6) is 0.197. The van der Waals surface area contributed by atoms with E-state index in [2.05, 4.69) is 20.9 Å². The fourth-order valence-electron chi connectivity index (χ4n) is 1.75. The predicted molar refractivity (Wildman–Crippen MR) is 70.9 cm³/mol. The Morgan fingerprint density at radius 1 is 1.33 bits per heavy atom.